The van der Waals surface area contributed by atoms with Crippen LogP contribution in [0.15, 0.2) is 59.0 Å². The predicted molar refractivity (Wildman–Crippen MR) is 131 cm³/mol. The molecule has 6 rings (SSSR count). The third kappa shape index (κ3) is 3.90. The molecule has 2 heterocycles. The SMILES string of the molecule is O=C(CSc1nc2ccc(N3C(=O)[C@@H]4[C@H](C3=O)[C@H]3C=C[C@H]4C3)cc2s1)Nc1cccc(C(F)(F)F)c1. The zero-order valence-corrected chi connectivity index (χ0v) is 20.1. The fraction of sp³-hybridized carbons (Fsp3) is 0.280. The Bertz CT molecular complexity index is 1420. The number of imide groups is 1. The molecule has 3 amide bonds. The summed E-state index contributed by atoms with van der Waals surface area (Å²) in [4.78, 5) is 44.2. The minimum absolute atomic E-state index is 0.0365. The minimum Gasteiger partial charge on any atom is -0.325 e. The number of thioether (sulfide) groups is 1. The van der Waals surface area contributed by atoms with E-state index in [-0.39, 0.29) is 46.9 Å². The van der Waals surface area contributed by atoms with Crippen LogP contribution in [-0.4, -0.2) is 28.5 Å². The molecule has 2 aromatic carbocycles. The van der Waals surface area contributed by atoms with E-state index in [4.69, 9.17) is 0 Å². The molecule has 0 unspecified atom stereocenters. The van der Waals surface area contributed by atoms with E-state index in [9.17, 15) is 27.6 Å². The number of hydrogen-bond donors (Lipinski definition) is 1. The fourth-order valence-corrected chi connectivity index (χ4v) is 7.25. The summed E-state index contributed by atoms with van der Waals surface area (Å²) in [6.45, 7) is 0. The van der Waals surface area contributed by atoms with Crippen molar-refractivity contribution in [3.05, 3.63) is 60.2 Å². The molecule has 184 valence electrons. The third-order valence-electron chi connectivity index (χ3n) is 6.88. The highest BCUT2D eigenvalue weighted by molar-refractivity contribution is 8.01. The van der Waals surface area contributed by atoms with Gasteiger partial charge in [-0.1, -0.05) is 30.0 Å². The molecule has 0 radical (unpaired) electrons. The molecule has 1 aliphatic heterocycles. The van der Waals surface area contributed by atoms with Gasteiger partial charge in [0.15, 0.2) is 4.34 Å². The molecule has 11 heteroatoms. The van der Waals surface area contributed by atoms with Crippen LogP contribution in [0, 0.1) is 23.7 Å². The Morgan fingerprint density at radius 2 is 1.81 bits per heavy atom. The number of anilines is 2. The van der Waals surface area contributed by atoms with E-state index < -0.39 is 17.6 Å². The monoisotopic (exact) mass is 529 g/mol. The van der Waals surface area contributed by atoms with Crippen molar-refractivity contribution < 1.29 is 27.6 Å². The summed E-state index contributed by atoms with van der Waals surface area (Å²) >= 11 is 2.49. The molecule has 3 aromatic rings. The second-order valence-electron chi connectivity index (χ2n) is 9.06. The first-order valence-electron chi connectivity index (χ1n) is 11.3. The molecular weight excluding hydrogens is 511 g/mol. The maximum absolute atomic E-state index is 13.1. The number of thiazole rings is 1. The number of allylic oxidation sites excluding steroid dienone is 2. The normalized spacial score (nSPS) is 24.7. The molecule has 2 bridgehead atoms. The number of rotatable bonds is 5. The predicted octanol–water partition coefficient (Wildman–Crippen LogP) is 5.36. The Morgan fingerprint density at radius 1 is 1.08 bits per heavy atom. The average Bonchev–Trinajstić information content (AvgIpc) is 3.60. The van der Waals surface area contributed by atoms with Crippen molar-refractivity contribution in [1.29, 1.82) is 0 Å². The van der Waals surface area contributed by atoms with Crippen molar-refractivity contribution in [3.8, 4) is 0 Å². The molecule has 1 saturated heterocycles. The summed E-state index contributed by atoms with van der Waals surface area (Å²) in [6, 6.07) is 9.69. The molecule has 2 aliphatic carbocycles. The summed E-state index contributed by atoms with van der Waals surface area (Å²) in [5, 5.41) is 2.48. The molecule has 1 N–H and O–H groups in total. The summed E-state index contributed by atoms with van der Waals surface area (Å²) in [6.07, 6.45) is 0.491. The Balaban J connectivity index is 1.14. The molecule has 6 nitrogen and oxygen atoms in total. The van der Waals surface area contributed by atoms with Gasteiger partial charge in [0.25, 0.3) is 0 Å². The highest BCUT2D eigenvalue weighted by Gasteiger charge is 2.59. The number of carbonyl (C=O) groups excluding carboxylic acids is 3. The molecule has 2 fully saturated rings. The van der Waals surface area contributed by atoms with Crippen molar-refractivity contribution in [2.45, 2.75) is 16.9 Å². The fourth-order valence-electron chi connectivity index (χ4n) is 5.35. The number of nitrogens with zero attached hydrogens (tertiary/aromatic N) is 2. The van der Waals surface area contributed by atoms with Crippen LogP contribution in [0.5, 0.6) is 0 Å². The number of hydrogen-bond acceptors (Lipinski definition) is 6. The van der Waals surface area contributed by atoms with Crippen LogP contribution in [0.4, 0.5) is 24.5 Å². The molecule has 3 aliphatic rings. The van der Waals surface area contributed by atoms with Gasteiger partial charge in [-0.3, -0.25) is 14.4 Å². The number of nitrogens with one attached hydrogen (secondary N) is 1. The van der Waals surface area contributed by atoms with Gasteiger partial charge in [0.2, 0.25) is 17.7 Å². The molecule has 1 saturated carbocycles. The van der Waals surface area contributed by atoms with E-state index in [1.54, 1.807) is 18.2 Å². The van der Waals surface area contributed by atoms with Crippen molar-refractivity contribution in [2.24, 2.45) is 23.7 Å². The van der Waals surface area contributed by atoms with Crippen LogP contribution in [0.1, 0.15) is 12.0 Å². The van der Waals surface area contributed by atoms with Crippen molar-refractivity contribution >= 4 is 62.4 Å². The van der Waals surface area contributed by atoms with Gasteiger partial charge in [0, 0.05) is 5.69 Å². The zero-order chi connectivity index (χ0) is 25.2. The molecule has 1 aromatic heterocycles. The van der Waals surface area contributed by atoms with Crippen LogP contribution in [0.3, 0.4) is 0 Å². The molecule has 36 heavy (non-hydrogen) atoms. The van der Waals surface area contributed by atoms with E-state index in [1.165, 1.54) is 28.4 Å². The Labute approximate surface area is 211 Å². The summed E-state index contributed by atoms with van der Waals surface area (Å²) in [7, 11) is 0. The maximum atomic E-state index is 13.1. The van der Waals surface area contributed by atoms with Gasteiger partial charge in [-0.15, -0.1) is 11.3 Å². The second kappa shape index (κ2) is 8.45. The number of aromatic nitrogens is 1. The van der Waals surface area contributed by atoms with E-state index in [0.29, 0.717) is 15.5 Å². The van der Waals surface area contributed by atoms with Crippen molar-refractivity contribution in [1.82, 2.24) is 4.98 Å². The van der Waals surface area contributed by atoms with Crippen molar-refractivity contribution in [3.63, 3.8) is 0 Å². The largest absolute Gasteiger partial charge is 0.416 e. The van der Waals surface area contributed by atoms with E-state index in [2.05, 4.69) is 22.5 Å². The lowest BCUT2D eigenvalue weighted by atomic mass is 9.85. The first-order chi connectivity index (χ1) is 17.2. The van der Waals surface area contributed by atoms with Crippen molar-refractivity contribution in [2.75, 3.05) is 16.0 Å². The first kappa shape index (κ1) is 23.2. The first-order valence-corrected chi connectivity index (χ1v) is 13.1. The lowest BCUT2D eigenvalue weighted by Crippen LogP contribution is -2.32. The van der Waals surface area contributed by atoms with Crippen LogP contribution in [-0.2, 0) is 20.6 Å². The van der Waals surface area contributed by atoms with Gasteiger partial charge < -0.3 is 5.32 Å². The van der Waals surface area contributed by atoms with E-state index in [1.807, 2.05) is 0 Å². The second-order valence-corrected chi connectivity index (χ2v) is 11.3. The molecule has 0 spiro atoms. The molecular formula is C25H18F3N3O3S2. The van der Waals surface area contributed by atoms with Gasteiger partial charge in [-0.25, -0.2) is 9.88 Å². The third-order valence-corrected chi connectivity index (χ3v) is 9.04. The number of carbonyl (C=O) groups is 3. The maximum Gasteiger partial charge on any atom is 0.416 e. The Morgan fingerprint density at radius 3 is 2.50 bits per heavy atom. The van der Waals surface area contributed by atoms with Crippen LogP contribution >= 0.6 is 23.1 Å². The highest BCUT2D eigenvalue weighted by Crippen LogP contribution is 2.53. The smallest absolute Gasteiger partial charge is 0.325 e. The summed E-state index contributed by atoms with van der Waals surface area (Å²) < 4.78 is 40.0. The minimum atomic E-state index is -4.49. The zero-order valence-electron chi connectivity index (χ0n) is 18.5. The topological polar surface area (TPSA) is 79.4 Å². The standard InChI is InChI=1S/C25H18F3N3O3S2/c26-25(27,28)14-2-1-3-15(9-14)29-19(32)11-35-24-30-17-7-6-16(10-18(17)36-24)31-22(33)20-12-4-5-13(8-12)21(20)23(31)34/h1-7,9-10,12-13,20-21H,8,11H2,(H,29,32)/t12-,13-,20-,21+/m0/s1. The number of benzene rings is 2. The van der Waals surface area contributed by atoms with Crippen LogP contribution < -0.4 is 10.2 Å². The Hall–Kier alpha value is -3.18. The summed E-state index contributed by atoms with van der Waals surface area (Å²) in [5.41, 5.74) is 0.425. The van der Waals surface area contributed by atoms with Gasteiger partial charge >= 0.3 is 6.18 Å². The highest BCUT2D eigenvalue weighted by atomic mass is 32.2. The van der Waals surface area contributed by atoms with E-state index >= 15 is 0 Å². The number of halogens is 3. The summed E-state index contributed by atoms with van der Waals surface area (Å²) in [5.74, 6) is -1.06. The average molecular weight is 530 g/mol. The quantitative estimate of drug-likeness (QED) is 0.274. The lowest BCUT2D eigenvalue weighted by molar-refractivity contribution is -0.137. The van der Waals surface area contributed by atoms with Gasteiger partial charge in [0.05, 0.1) is 39.1 Å². The number of fused-ring (bicyclic) bond motifs is 6. The Kier molecular flexibility index (Phi) is 5.45. The van der Waals surface area contributed by atoms with Crippen LogP contribution in [0.25, 0.3) is 10.2 Å². The van der Waals surface area contributed by atoms with Gasteiger partial charge in [0.1, 0.15) is 0 Å². The van der Waals surface area contributed by atoms with Gasteiger partial charge in [-0.05, 0) is 54.7 Å². The van der Waals surface area contributed by atoms with Gasteiger partial charge in [-0.2, -0.15) is 13.2 Å². The lowest BCUT2D eigenvalue weighted by Gasteiger charge is -2.17. The number of alkyl halides is 3. The molecule has 4 atom stereocenters. The van der Waals surface area contributed by atoms with Crippen LogP contribution in [0.2, 0.25) is 0 Å². The number of amides is 3. The van der Waals surface area contributed by atoms with E-state index in [0.717, 1.165) is 35.0 Å².